The monoisotopic (exact) mass is 265 g/mol. The van der Waals surface area contributed by atoms with Crippen molar-refractivity contribution in [3.05, 3.63) is 18.3 Å². The van der Waals surface area contributed by atoms with Crippen molar-refractivity contribution in [2.45, 2.75) is 4.90 Å². The van der Waals surface area contributed by atoms with Crippen LogP contribution < -0.4 is 15.2 Å². The summed E-state index contributed by atoms with van der Waals surface area (Å²) in [4.78, 5) is 0.943. The van der Waals surface area contributed by atoms with Crippen molar-refractivity contribution in [1.29, 1.82) is 0 Å². The molecule has 2 rings (SSSR count). The van der Waals surface area contributed by atoms with E-state index in [1.165, 1.54) is 0 Å². The second kappa shape index (κ2) is 5.22. The van der Waals surface area contributed by atoms with E-state index in [0.717, 1.165) is 27.5 Å². The fourth-order valence-corrected chi connectivity index (χ4v) is 2.56. The minimum Gasteiger partial charge on any atom is -0.495 e. The zero-order valence-corrected chi connectivity index (χ0v) is 11.3. The molecular formula is C12H15N3O2S. The maximum atomic E-state index is 5.85. The number of nitrogens with two attached hydrogens (primary N) is 1. The third-order valence-electron chi connectivity index (χ3n) is 2.66. The average molecular weight is 265 g/mol. The summed E-state index contributed by atoms with van der Waals surface area (Å²) in [6.45, 7) is 0. The fourth-order valence-electron chi connectivity index (χ4n) is 1.82. The Labute approximate surface area is 110 Å². The zero-order valence-electron chi connectivity index (χ0n) is 10.5. The molecule has 0 spiro atoms. The highest BCUT2D eigenvalue weighted by molar-refractivity contribution is 7.98. The van der Waals surface area contributed by atoms with Gasteiger partial charge in [0.1, 0.15) is 17.3 Å². The number of hydrogen-bond acceptors (Lipinski definition) is 5. The van der Waals surface area contributed by atoms with Crippen LogP contribution in [0.2, 0.25) is 0 Å². The molecule has 0 aliphatic rings. The van der Waals surface area contributed by atoms with Crippen molar-refractivity contribution >= 4 is 17.6 Å². The molecule has 3 N–H and O–H groups in total. The molecule has 0 aliphatic carbocycles. The number of aromatic nitrogens is 2. The number of benzene rings is 1. The molecule has 1 aromatic carbocycles. The van der Waals surface area contributed by atoms with Crippen molar-refractivity contribution in [2.24, 2.45) is 0 Å². The largest absolute Gasteiger partial charge is 0.495 e. The van der Waals surface area contributed by atoms with Crippen LogP contribution in [0.4, 0.5) is 5.82 Å². The first-order valence-corrected chi connectivity index (χ1v) is 6.53. The van der Waals surface area contributed by atoms with Crippen molar-refractivity contribution in [2.75, 3.05) is 26.2 Å². The van der Waals surface area contributed by atoms with Crippen molar-refractivity contribution < 1.29 is 9.47 Å². The van der Waals surface area contributed by atoms with Crippen molar-refractivity contribution in [3.63, 3.8) is 0 Å². The van der Waals surface area contributed by atoms with Gasteiger partial charge in [-0.05, 0) is 18.4 Å². The number of rotatable bonds is 4. The van der Waals surface area contributed by atoms with Crippen LogP contribution in [0.3, 0.4) is 0 Å². The molecule has 96 valence electrons. The Kier molecular flexibility index (Phi) is 3.66. The number of ether oxygens (including phenoxy) is 2. The standard InChI is InChI=1S/C12H15N3O2S/c1-16-9-5-4-7(8-6-14-15-12(8)13)10(17-2)11(9)18-3/h4-6H,1-3H3,(H3,13,14,15). The van der Waals surface area contributed by atoms with Gasteiger partial charge in [-0.25, -0.2) is 0 Å². The van der Waals surface area contributed by atoms with Gasteiger partial charge in [0.25, 0.3) is 0 Å². The smallest absolute Gasteiger partial charge is 0.144 e. The van der Waals surface area contributed by atoms with E-state index in [1.807, 2.05) is 18.4 Å². The number of thioether (sulfide) groups is 1. The fraction of sp³-hybridized carbons (Fsp3) is 0.250. The Bertz CT molecular complexity index is 554. The SMILES string of the molecule is COc1ccc(-c2cn[nH]c2N)c(OC)c1SC. The highest BCUT2D eigenvalue weighted by atomic mass is 32.2. The van der Waals surface area contributed by atoms with Gasteiger partial charge in [-0.15, -0.1) is 11.8 Å². The molecule has 0 fully saturated rings. The second-order valence-corrected chi connectivity index (χ2v) is 4.40. The van der Waals surface area contributed by atoms with Gasteiger partial charge in [0.2, 0.25) is 0 Å². The molecule has 0 saturated heterocycles. The lowest BCUT2D eigenvalue weighted by Gasteiger charge is -2.15. The molecule has 0 unspecified atom stereocenters. The average Bonchev–Trinajstić information content (AvgIpc) is 2.82. The van der Waals surface area contributed by atoms with E-state index >= 15 is 0 Å². The summed E-state index contributed by atoms with van der Waals surface area (Å²) in [5.41, 5.74) is 7.57. The molecule has 0 radical (unpaired) electrons. The van der Waals surface area contributed by atoms with Crippen LogP contribution in [0.25, 0.3) is 11.1 Å². The summed E-state index contributed by atoms with van der Waals surface area (Å²) in [5.74, 6) is 2.05. The molecule has 18 heavy (non-hydrogen) atoms. The number of aromatic amines is 1. The number of nitrogen functional groups attached to an aromatic ring is 1. The number of nitrogens with one attached hydrogen (secondary N) is 1. The first-order valence-electron chi connectivity index (χ1n) is 5.31. The van der Waals surface area contributed by atoms with Gasteiger partial charge in [-0.2, -0.15) is 5.10 Å². The maximum Gasteiger partial charge on any atom is 0.144 e. The normalized spacial score (nSPS) is 10.4. The molecule has 0 saturated carbocycles. The third kappa shape index (κ3) is 1.99. The topological polar surface area (TPSA) is 73.2 Å². The summed E-state index contributed by atoms with van der Waals surface area (Å²) in [6.07, 6.45) is 3.66. The molecule has 1 heterocycles. The second-order valence-electron chi connectivity index (χ2n) is 3.58. The van der Waals surface area contributed by atoms with Crippen LogP contribution in [0.1, 0.15) is 0 Å². The Morgan fingerprint density at radius 2 is 2.00 bits per heavy atom. The number of nitrogens with zero attached hydrogens (tertiary/aromatic N) is 1. The molecule has 5 nitrogen and oxygen atoms in total. The minimum atomic E-state index is 0.519. The number of anilines is 1. The summed E-state index contributed by atoms with van der Waals surface area (Å²) >= 11 is 1.57. The van der Waals surface area contributed by atoms with Crippen LogP contribution in [-0.2, 0) is 0 Å². The van der Waals surface area contributed by atoms with Crippen LogP contribution in [0.5, 0.6) is 11.5 Å². The van der Waals surface area contributed by atoms with E-state index in [9.17, 15) is 0 Å². The molecule has 1 aromatic heterocycles. The summed E-state index contributed by atoms with van der Waals surface area (Å²) in [7, 11) is 3.27. The highest BCUT2D eigenvalue weighted by Gasteiger charge is 2.17. The maximum absolute atomic E-state index is 5.85. The van der Waals surface area contributed by atoms with E-state index < -0.39 is 0 Å². The summed E-state index contributed by atoms with van der Waals surface area (Å²) < 4.78 is 10.8. The molecular weight excluding hydrogens is 250 g/mol. The number of methoxy groups -OCH3 is 2. The summed E-state index contributed by atoms with van der Waals surface area (Å²) in [6, 6.07) is 3.81. The van der Waals surface area contributed by atoms with Gasteiger partial charge in [0, 0.05) is 11.1 Å². The predicted octanol–water partition coefficient (Wildman–Crippen LogP) is 2.40. The van der Waals surface area contributed by atoms with Gasteiger partial charge >= 0.3 is 0 Å². The van der Waals surface area contributed by atoms with E-state index in [2.05, 4.69) is 10.2 Å². The zero-order chi connectivity index (χ0) is 13.1. The van der Waals surface area contributed by atoms with Crippen LogP contribution in [0, 0.1) is 0 Å². The van der Waals surface area contributed by atoms with Gasteiger partial charge in [-0.3, -0.25) is 5.10 Å². The quantitative estimate of drug-likeness (QED) is 0.830. The van der Waals surface area contributed by atoms with Crippen LogP contribution in [-0.4, -0.2) is 30.7 Å². The molecule has 0 aliphatic heterocycles. The van der Waals surface area contributed by atoms with E-state index in [1.54, 1.807) is 32.2 Å². The van der Waals surface area contributed by atoms with Crippen molar-refractivity contribution in [3.8, 4) is 22.6 Å². The van der Waals surface area contributed by atoms with Gasteiger partial charge < -0.3 is 15.2 Å². The van der Waals surface area contributed by atoms with Crippen molar-refractivity contribution in [1.82, 2.24) is 10.2 Å². The minimum absolute atomic E-state index is 0.519. The van der Waals surface area contributed by atoms with E-state index in [0.29, 0.717) is 5.82 Å². The third-order valence-corrected chi connectivity index (χ3v) is 3.46. The summed E-state index contributed by atoms with van der Waals surface area (Å²) in [5, 5.41) is 6.65. The highest BCUT2D eigenvalue weighted by Crippen LogP contribution is 2.44. The lowest BCUT2D eigenvalue weighted by Crippen LogP contribution is -1.95. The van der Waals surface area contributed by atoms with Crippen LogP contribution in [0.15, 0.2) is 23.2 Å². The van der Waals surface area contributed by atoms with E-state index in [4.69, 9.17) is 15.2 Å². The Hall–Kier alpha value is -1.82. The van der Waals surface area contributed by atoms with E-state index in [-0.39, 0.29) is 0 Å². The Morgan fingerprint density at radius 1 is 1.22 bits per heavy atom. The first-order chi connectivity index (χ1) is 8.72. The van der Waals surface area contributed by atoms with Crippen LogP contribution >= 0.6 is 11.8 Å². The molecule has 2 aromatic rings. The Balaban J connectivity index is 2.66. The van der Waals surface area contributed by atoms with Gasteiger partial charge in [0.05, 0.1) is 25.3 Å². The number of H-pyrrole nitrogens is 1. The molecule has 0 amide bonds. The lowest BCUT2D eigenvalue weighted by atomic mass is 10.1. The molecule has 0 atom stereocenters. The van der Waals surface area contributed by atoms with Gasteiger partial charge in [-0.1, -0.05) is 0 Å². The molecule has 0 bridgehead atoms. The first kappa shape index (κ1) is 12.6. The lowest BCUT2D eigenvalue weighted by molar-refractivity contribution is 0.378. The predicted molar refractivity (Wildman–Crippen MR) is 73.3 cm³/mol. The molecule has 6 heteroatoms. The Morgan fingerprint density at radius 3 is 2.50 bits per heavy atom. The number of hydrogen-bond donors (Lipinski definition) is 2. The van der Waals surface area contributed by atoms with Gasteiger partial charge in [0.15, 0.2) is 0 Å².